The van der Waals surface area contributed by atoms with Crippen LogP contribution in [0.4, 0.5) is 9.80 Å². The van der Waals surface area contributed by atoms with E-state index < -0.39 is 12.0 Å². The average molecular weight is 419 g/mol. The van der Waals surface area contributed by atoms with Crippen LogP contribution < -0.4 is 10.6 Å². The van der Waals surface area contributed by atoms with Crippen molar-refractivity contribution in [3.05, 3.63) is 44.5 Å². The van der Waals surface area contributed by atoms with Gasteiger partial charge in [0.2, 0.25) is 5.91 Å². The van der Waals surface area contributed by atoms with Gasteiger partial charge in [-0.25, -0.2) is 4.79 Å². The normalized spacial score (nSPS) is 15.9. The molecule has 2 aromatic heterocycles. The second-order valence-electron chi connectivity index (χ2n) is 6.57. The fraction of sp³-hybridized carbons (Fsp3) is 0.350. The molecule has 0 spiro atoms. The quantitative estimate of drug-likeness (QED) is 0.702. The first-order chi connectivity index (χ1) is 13.5. The van der Waals surface area contributed by atoms with Crippen LogP contribution in [0.15, 0.2) is 23.6 Å². The third-order valence-electron chi connectivity index (χ3n) is 4.41. The highest BCUT2D eigenvalue weighted by molar-refractivity contribution is 7.17. The first-order valence-corrected chi connectivity index (χ1v) is 10.8. The molecule has 6 nitrogen and oxygen atoms in total. The van der Waals surface area contributed by atoms with E-state index >= 15 is 0 Å². The van der Waals surface area contributed by atoms with E-state index in [1.165, 1.54) is 28.7 Å². The zero-order valence-electron chi connectivity index (χ0n) is 15.7. The topological polar surface area (TPSA) is 84.5 Å². The molecule has 148 valence electrons. The van der Waals surface area contributed by atoms with Gasteiger partial charge in [0.25, 0.3) is 5.91 Å². The summed E-state index contributed by atoms with van der Waals surface area (Å²) in [4.78, 5) is 38.8. The monoisotopic (exact) mass is 418 g/mol. The van der Waals surface area contributed by atoms with Crippen LogP contribution >= 0.6 is 22.7 Å². The van der Waals surface area contributed by atoms with Crippen LogP contribution in [-0.4, -0.2) is 24.5 Å². The van der Waals surface area contributed by atoms with Crippen molar-refractivity contribution in [3.63, 3.8) is 0 Å². The number of alkyl carbamates (subject to hydrolysis) is 1. The fourth-order valence-electron chi connectivity index (χ4n) is 3.10. The van der Waals surface area contributed by atoms with Crippen LogP contribution in [0.2, 0.25) is 0 Å². The van der Waals surface area contributed by atoms with E-state index in [1.807, 2.05) is 17.5 Å². The van der Waals surface area contributed by atoms with Gasteiger partial charge in [-0.1, -0.05) is 13.0 Å². The Labute approximate surface area is 171 Å². The molecule has 2 aromatic rings. The lowest BCUT2D eigenvalue weighted by molar-refractivity contribution is -0.111. The molecule has 1 aliphatic carbocycles. The van der Waals surface area contributed by atoms with E-state index in [4.69, 9.17) is 4.74 Å². The zero-order valence-corrected chi connectivity index (χ0v) is 17.4. The van der Waals surface area contributed by atoms with Crippen LogP contribution in [0.1, 0.15) is 45.9 Å². The van der Waals surface area contributed by atoms with Gasteiger partial charge in [0.1, 0.15) is 5.00 Å². The Morgan fingerprint density at radius 3 is 2.89 bits per heavy atom. The van der Waals surface area contributed by atoms with Gasteiger partial charge in [-0.2, -0.15) is 0 Å². The molecule has 0 aliphatic heterocycles. The summed E-state index contributed by atoms with van der Waals surface area (Å²) in [5.74, 6) is -0.331. The summed E-state index contributed by atoms with van der Waals surface area (Å²) in [5.41, 5.74) is 1.29. The number of nitrogens with one attached hydrogen (secondary N) is 2. The molecule has 2 N–H and O–H groups in total. The number of hydrogen-bond acceptors (Lipinski definition) is 6. The highest BCUT2D eigenvalue weighted by atomic mass is 32.1. The van der Waals surface area contributed by atoms with Crippen molar-refractivity contribution in [2.45, 2.75) is 33.1 Å². The predicted octanol–water partition coefficient (Wildman–Crippen LogP) is 4.47. The largest absolute Gasteiger partial charge is 0.450 e. The minimum Gasteiger partial charge on any atom is -0.450 e. The molecule has 28 heavy (non-hydrogen) atoms. The average Bonchev–Trinajstić information content (AvgIpc) is 3.26. The van der Waals surface area contributed by atoms with Gasteiger partial charge in [-0.15, -0.1) is 22.7 Å². The van der Waals surface area contributed by atoms with Crippen LogP contribution in [0, 0.1) is 5.92 Å². The maximum Gasteiger partial charge on any atom is 0.414 e. The molecule has 0 aromatic carbocycles. The standard InChI is InChI=1S/C20H22N2O4S2/c1-3-26-20(25)22-18(24)17-14-8-6-12(2)11-15(14)28-19(17)21-16(23)9-7-13-5-4-10-27-13/h4-5,7,9-10,12H,3,6,8,11H2,1-2H3,(H,21,23)(H,22,24,25)/b9-7+/t12-/m0/s1. The lowest BCUT2D eigenvalue weighted by Crippen LogP contribution is -2.32. The number of hydrogen-bond donors (Lipinski definition) is 2. The van der Waals surface area contributed by atoms with E-state index in [0.717, 1.165) is 34.6 Å². The van der Waals surface area contributed by atoms with Gasteiger partial charge in [0.05, 0.1) is 12.2 Å². The van der Waals surface area contributed by atoms with E-state index in [0.29, 0.717) is 16.5 Å². The molecule has 0 unspecified atom stereocenters. The number of fused-ring (bicyclic) bond motifs is 1. The molecule has 2 heterocycles. The molecule has 0 saturated carbocycles. The van der Waals surface area contributed by atoms with Gasteiger partial charge >= 0.3 is 6.09 Å². The second kappa shape index (κ2) is 9.16. The van der Waals surface area contributed by atoms with Crippen molar-refractivity contribution in [2.24, 2.45) is 5.92 Å². The molecule has 0 fully saturated rings. The number of carbonyl (C=O) groups is 3. The van der Waals surface area contributed by atoms with Crippen molar-refractivity contribution in [1.82, 2.24) is 5.32 Å². The zero-order chi connectivity index (χ0) is 20.1. The van der Waals surface area contributed by atoms with Gasteiger partial charge in [-0.3, -0.25) is 14.9 Å². The summed E-state index contributed by atoms with van der Waals surface area (Å²) in [6.45, 7) is 4.02. The third-order valence-corrected chi connectivity index (χ3v) is 6.42. The van der Waals surface area contributed by atoms with Gasteiger partial charge in [0.15, 0.2) is 0 Å². The molecule has 8 heteroatoms. The molecule has 1 aliphatic rings. The maximum absolute atomic E-state index is 12.7. The highest BCUT2D eigenvalue weighted by Crippen LogP contribution is 2.39. The van der Waals surface area contributed by atoms with E-state index in [-0.39, 0.29) is 12.5 Å². The van der Waals surface area contributed by atoms with Crippen LogP contribution in [-0.2, 0) is 22.4 Å². The van der Waals surface area contributed by atoms with Crippen molar-refractivity contribution < 1.29 is 19.1 Å². The molecule has 0 radical (unpaired) electrons. The van der Waals surface area contributed by atoms with Gasteiger partial charge < -0.3 is 10.1 Å². The van der Waals surface area contributed by atoms with Crippen molar-refractivity contribution in [2.75, 3.05) is 11.9 Å². The van der Waals surface area contributed by atoms with Crippen molar-refractivity contribution >= 4 is 51.7 Å². The predicted molar refractivity (Wildman–Crippen MR) is 112 cm³/mol. The SMILES string of the molecule is CCOC(=O)NC(=O)c1c(NC(=O)/C=C/c2cccs2)sc2c1CC[C@H](C)C2. The van der Waals surface area contributed by atoms with E-state index in [1.54, 1.807) is 13.0 Å². The van der Waals surface area contributed by atoms with Crippen molar-refractivity contribution in [3.8, 4) is 0 Å². The van der Waals surface area contributed by atoms with Gasteiger partial charge in [0, 0.05) is 15.8 Å². The van der Waals surface area contributed by atoms with E-state index in [2.05, 4.69) is 17.6 Å². The number of amides is 3. The number of anilines is 1. The lowest BCUT2D eigenvalue weighted by atomic mass is 9.88. The minimum atomic E-state index is -0.786. The Hall–Kier alpha value is -2.45. The molecule has 0 bridgehead atoms. The Morgan fingerprint density at radius 2 is 2.18 bits per heavy atom. The third kappa shape index (κ3) is 4.88. The second-order valence-corrected chi connectivity index (χ2v) is 8.65. The number of imide groups is 1. The van der Waals surface area contributed by atoms with E-state index in [9.17, 15) is 14.4 Å². The summed E-state index contributed by atoms with van der Waals surface area (Å²) in [5, 5.41) is 7.48. The first-order valence-electron chi connectivity index (χ1n) is 9.13. The number of carbonyl (C=O) groups excluding carboxylic acids is 3. The summed E-state index contributed by atoms with van der Waals surface area (Å²) in [7, 11) is 0. The number of rotatable bonds is 5. The summed E-state index contributed by atoms with van der Waals surface area (Å²) >= 11 is 2.94. The number of ether oxygens (including phenoxy) is 1. The van der Waals surface area contributed by atoms with Crippen LogP contribution in [0.25, 0.3) is 6.08 Å². The molecule has 0 saturated heterocycles. The van der Waals surface area contributed by atoms with Crippen LogP contribution in [0.3, 0.4) is 0 Å². The Morgan fingerprint density at radius 1 is 1.36 bits per heavy atom. The molecule has 3 rings (SSSR count). The Bertz CT molecular complexity index is 900. The minimum absolute atomic E-state index is 0.176. The van der Waals surface area contributed by atoms with Gasteiger partial charge in [-0.05, 0) is 55.2 Å². The molecule has 1 atom stereocenters. The fourth-order valence-corrected chi connectivity index (χ4v) is 5.13. The Kier molecular flexibility index (Phi) is 6.64. The molecule has 3 amide bonds. The summed E-state index contributed by atoms with van der Waals surface area (Å²) < 4.78 is 4.81. The summed E-state index contributed by atoms with van der Waals surface area (Å²) in [6.07, 6.45) is 4.97. The first kappa shape index (κ1) is 20.3. The smallest absolute Gasteiger partial charge is 0.414 e. The number of thiophene rings is 2. The lowest BCUT2D eigenvalue weighted by Gasteiger charge is -2.18. The molecular formula is C20H22N2O4S2. The summed E-state index contributed by atoms with van der Waals surface area (Å²) in [6, 6.07) is 3.83. The highest BCUT2D eigenvalue weighted by Gasteiger charge is 2.29. The maximum atomic E-state index is 12.7. The Balaban J connectivity index is 1.83. The van der Waals surface area contributed by atoms with Crippen LogP contribution in [0.5, 0.6) is 0 Å². The molecular weight excluding hydrogens is 396 g/mol. The van der Waals surface area contributed by atoms with Crippen molar-refractivity contribution in [1.29, 1.82) is 0 Å².